The van der Waals surface area contributed by atoms with Crippen LogP contribution in [0.1, 0.15) is 40.9 Å². The molecule has 0 saturated carbocycles. The van der Waals surface area contributed by atoms with E-state index in [0.29, 0.717) is 23.1 Å². The molecule has 1 atom stereocenters. The number of aromatic nitrogens is 4. The predicted molar refractivity (Wildman–Crippen MR) is 81.9 cm³/mol. The zero-order valence-electron chi connectivity index (χ0n) is 12.2. The van der Waals surface area contributed by atoms with Crippen molar-refractivity contribution in [2.75, 3.05) is 5.32 Å². The van der Waals surface area contributed by atoms with Gasteiger partial charge in [-0.05, 0) is 36.5 Å². The first-order valence-electron chi connectivity index (χ1n) is 7.31. The van der Waals surface area contributed by atoms with Crippen LogP contribution in [0.15, 0.2) is 36.9 Å². The van der Waals surface area contributed by atoms with Gasteiger partial charge in [-0.1, -0.05) is 6.92 Å². The van der Waals surface area contributed by atoms with Crippen LogP contribution in [0.25, 0.3) is 5.65 Å². The van der Waals surface area contributed by atoms with Gasteiger partial charge in [-0.3, -0.25) is 10.1 Å². The second kappa shape index (κ2) is 4.91. The minimum Gasteiger partial charge on any atom is -0.303 e. The highest BCUT2D eigenvalue weighted by Gasteiger charge is 2.25. The van der Waals surface area contributed by atoms with E-state index in [-0.39, 0.29) is 5.91 Å². The molecule has 1 N–H and O–H groups in total. The second-order valence-corrected chi connectivity index (χ2v) is 5.55. The number of nitrogens with zero attached hydrogens (tertiary/aromatic N) is 4. The van der Waals surface area contributed by atoms with E-state index in [1.165, 1.54) is 11.3 Å². The average molecular weight is 293 g/mol. The number of amides is 1. The van der Waals surface area contributed by atoms with Gasteiger partial charge in [0.15, 0.2) is 0 Å². The Hall–Kier alpha value is -2.76. The summed E-state index contributed by atoms with van der Waals surface area (Å²) in [5, 5.41) is 2.73. The van der Waals surface area contributed by atoms with Crippen molar-refractivity contribution in [3.05, 3.63) is 53.7 Å². The molecular formula is C16H15N5O. The Balaban J connectivity index is 1.80. The third-order valence-corrected chi connectivity index (χ3v) is 4.19. The zero-order valence-corrected chi connectivity index (χ0v) is 12.2. The summed E-state index contributed by atoms with van der Waals surface area (Å²) < 4.78 is 2.03. The van der Waals surface area contributed by atoms with E-state index in [9.17, 15) is 4.79 Å². The Bertz CT molecular complexity index is 856. The number of carbonyl (C=O) groups excluding carboxylic acids is 1. The Morgan fingerprint density at radius 3 is 2.91 bits per heavy atom. The van der Waals surface area contributed by atoms with Crippen molar-refractivity contribution < 1.29 is 4.79 Å². The molecule has 0 aromatic carbocycles. The van der Waals surface area contributed by atoms with Crippen LogP contribution in [0.5, 0.6) is 0 Å². The molecule has 6 heteroatoms. The van der Waals surface area contributed by atoms with Gasteiger partial charge in [0.05, 0.1) is 5.56 Å². The molecule has 110 valence electrons. The lowest BCUT2D eigenvalue weighted by Crippen LogP contribution is -2.16. The van der Waals surface area contributed by atoms with Gasteiger partial charge in [0.2, 0.25) is 5.95 Å². The number of rotatable bonds is 2. The van der Waals surface area contributed by atoms with Gasteiger partial charge in [-0.2, -0.15) is 0 Å². The Kier molecular flexibility index (Phi) is 2.89. The molecule has 0 saturated heterocycles. The average Bonchev–Trinajstić information content (AvgIpc) is 3.14. The first-order valence-corrected chi connectivity index (χ1v) is 7.31. The van der Waals surface area contributed by atoms with Gasteiger partial charge < -0.3 is 4.40 Å². The molecule has 3 aromatic rings. The molecule has 1 aliphatic carbocycles. The van der Waals surface area contributed by atoms with Crippen LogP contribution in [0.2, 0.25) is 0 Å². The van der Waals surface area contributed by atoms with Crippen LogP contribution in [-0.2, 0) is 6.42 Å². The van der Waals surface area contributed by atoms with E-state index >= 15 is 0 Å². The van der Waals surface area contributed by atoms with E-state index < -0.39 is 0 Å². The summed E-state index contributed by atoms with van der Waals surface area (Å²) in [6, 6.07) is 3.67. The molecular weight excluding hydrogens is 278 g/mol. The summed E-state index contributed by atoms with van der Waals surface area (Å²) in [5.74, 6) is 0.524. The third kappa shape index (κ3) is 1.95. The van der Waals surface area contributed by atoms with E-state index in [1.807, 2.05) is 16.7 Å². The molecule has 0 radical (unpaired) electrons. The topological polar surface area (TPSA) is 72.2 Å². The van der Waals surface area contributed by atoms with Crippen LogP contribution in [0.4, 0.5) is 5.95 Å². The Morgan fingerprint density at radius 1 is 1.27 bits per heavy atom. The number of pyridine rings is 1. The first kappa shape index (κ1) is 12.9. The molecule has 0 bridgehead atoms. The van der Waals surface area contributed by atoms with Gasteiger partial charge in [-0.15, -0.1) is 0 Å². The maximum atomic E-state index is 12.6. The first-order chi connectivity index (χ1) is 10.7. The van der Waals surface area contributed by atoms with Crippen molar-refractivity contribution in [3.8, 4) is 0 Å². The Morgan fingerprint density at radius 2 is 2.09 bits per heavy atom. The molecule has 0 spiro atoms. The van der Waals surface area contributed by atoms with Crippen LogP contribution < -0.4 is 5.32 Å². The van der Waals surface area contributed by atoms with E-state index in [4.69, 9.17) is 0 Å². The van der Waals surface area contributed by atoms with E-state index in [0.717, 1.165) is 12.8 Å². The van der Waals surface area contributed by atoms with E-state index in [1.54, 1.807) is 24.7 Å². The molecule has 0 aliphatic heterocycles. The number of fused-ring (bicyclic) bond motifs is 3. The largest absolute Gasteiger partial charge is 0.303 e. The highest BCUT2D eigenvalue weighted by molar-refractivity contribution is 6.07. The fraction of sp³-hybridized carbons (Fsp3) is 0.250. The smallest absolute Gasteiger partial charge is 0.261 e. The van der Waals surface area contributed by atoms with Crippen LogP contribution in [-0.4, -0.2) is 25.3 Å². The maximum absolute atomic E-state index is 12.6. The molecule has 0 fully saturated rings. The van der Waals surface area contributed by atoms with Crippen LogP contribution >= 0.6 is 0 Å². The molecule has 4 rings (SSSR count). The number of nitrogens with one attached hydrogen (secondary N) is 1. The number of carbonyl (C=O) groups is 1. The lowest BCUT2D eigenvalue weighted by atomic mass is 10.0. The highest BCUT2D eigenvalue weighted by atomic mass is 16.1. The number of anilines is 1. The monoisotopic (exact) mass is 293 g/mol. The lowest BCUT2D eigenvalue weighted by molar-refractivity contribution is 0.102. The standard InChI is InChI=1S/C16H15N5O/c1-10-3-4-13-11(10)9-12(14-17-7-8-21(13)14)15(22)20-16-18-5-2-6-19-16/h2,5-10H,3-4H2,1H3,(H,18,19,20,22)/t10-/m1/s1. The van der Waals surface area contributed by atoms with Crippen molar-refractivity contribution in [1.29, 1.82) is 0 Å². The fourth-order valence-corrected chi connectivity index (χ4v) is 3.06. The Labute approximate surface area is 127 Å². The molecule has 3 heterocycles. The number of imidazole rings is 1. The molecule has 22 heavy (non-hydrogen) atoms. The van der Waals surface area contributed by atoms with Crippen molar-refractivity contribution in [1.82, 2.24) is 19.4 Å². The van der Waals surface area contributed by atoms with Crippen LogP contribution in [0, 0.1) is 0 Å². The summed E-state index contributed by atoms with van der Waals surface area (Å²) in [7, 11) is 0. The zero-order chi connectivity index (χ0) is 15.1. The van der Waals surface area contributed by atoms with Crippen molar-refractivity contribution in [2.45, 2.75) is 25.7 Å². The van der Waals surface area contributed by atoms with Crippen LogP contribution in [0.3, 0.4) is 0 Å². The summed E-state index contributed by atoms with van der Waals surface area (Å²) in [4.78, 5) is 25.0. The number of hydrogen-bond acceptors (Lipinski definition) is 4. The van der Waals surface area contributed by atoms with Gasteiger partial charge in [0, 0.05) is 30.5 Å². The van der Waals surface area contributed by atoms with Gasteiger partial charge >= 0.3 is 0 Å². The molecule has 3 aromatic heterocycles. The molecule has 1 amide bonds. The summed E-state index contributed by atoms with van der Waals surface area (Å²) >= 11 is 0. The summed E-state index contributed by atoms with van der Waals surface area (Å²) in [6.45, 7) is 2.19. The molecule has 6 nitrogen and oxygen atoms in total. The maximum Gasteiger partial charge on any atom is 0.261 e. The SMILES string of the molecule is C[C@@H]1CCc2c1cc(C(=O)Nc1ncccn1)c1nccn21. The van der Waals surface area contributed by atoms with E-state index in [2.05, 4.69) is 27.2 Å². The lowest BCUT2D eigenvalue weighted by Gasteiger charge is -2.11. The predicted octanol–water partition coefficient (Wildman–Crippen LogP) is 2.43. The number of aryl methyl sites for hydroxylation is 1. The third-order valence-electron chi connectivity index (χ3n) is 4.19. The van der Waals surface area contributed by atoms with Gasteiger partial charge in [0.1, 0.15) is 5.65 Å². The normalized spacial score (nSPS) is 16.7. The second-order valence-electron chi connectivity index (χ2n) is 5.55. The minimum absolute atomic E-state index is 0.232. The van der Waals surface area contributed by atoms with Crippen molar-refractivity contribution in [3.63, 3.8) is 0 Å². The summed E-state index contributed by atoms with van der Waals surface area (Å²) in [5.41, 5.74) is 3.73. The summed E-state index contributed by atoms with van der Waals surface area (Å²) in [6.07, 6.45) is 8.97. The quantitative estimate of drug-likeness (QED) is 0.787. The fourth-order valence-electron chi connectivity index (χ4n) is 3.06. The number of hydrogen-bond donors (Lipinski definition) is 1. The highest BCUT2D eigenvalue weighted by Crippen LogP contribution is 2.34. The van der Waals surface area contributed by atoms with Crippen molar-refractivity contribution >= 4 is 17.5 Å². The van der Waals surface area contributed by atoms with Gasteiger partial charge in [-0.25, -0.2) is 15.0 Å². The molecule has 1 aliphatic rings. The van der Waals surface area contributed by atoms with Crippen molar-refractivity contribution in [2.24, 2.45) is 0 Å². The van der Waals surface area contributed by atoms with Gasteiger partial charge in [0.25, 0.3) is 5.91 Å². The minimum atomic E-state index is -0.232. The molecule has 0 unspecified atom stereocenters.